The van der Waals surface area contributed by atoms with Crippen molar-refractivity contribution >= 4 is 78.7 Å². The minimum Gasteiger partial charge on any atom is -0.506 e. The van der Waals surface area contributed by atoms with Gasteiger partial charge in [0.25, 0.3) is 5.91 Å². The number of carbonyl (C=O) groups is 2. The molecule has 0 aliphatic heterocycles. The number of aryl methyl sites for hydroxylation is 1. The van der Waals surface area contributed by atoms with Gasteiger partial charge in [-0.2, -0.15) is 0 Å². The summed E-state index contributed by atoms with van der Waals surface area (Å²) in [4.78, 5) is 26.7. The second kappa shape index (κ2) is 14.1. The molecule has 5 aromatic carbocycles. The van der Waals surface area contributed by atoms with E-state index in [1.807, 2.05) is 49.4 Å². The Kier molecular flexibility index (Phi) is 9.82. The number of nitrogens with zero attached hydrogens (tertiary/aromatic N) is 1. The second-order valence-corrected chi connectivity index (χ2v) is 14.9. The molecule has 1 aromatic heterocycles. The molecule has 6 aromatic rings. The SMILES string of the molecule is Cc1ccc2c(S(=O)(=O)C(C)C(=O)Nc3cc(O)c(NC(=O)c4ccc(Cl)c(Cl)c4)cc3Oc3ccc(Cl)cc3)cn(-c3ccccc3)c2c1. The summed E-state index contributed by atoms with van der Waals surface area (Å²) in [5, 5.41) is 15.9. The number of fused-ring (bicyclic) bond motifs is 1. The minimum atomic E-state index is -4.26. The zero-order chi connectivity index (χ0) is 35.7. The molecular weight excluding hydrogens is 721 g/mol. The topological polar surface area (TPSA) is 127 Å². The van der Waals surface area contributed by atoms with E-state index in [1.54, 1.807) is 34.9 Å². The number of aromatic hydroxyl groups is 1. The van der Waals surface area contributed by atoms with Gasteiger partial charge in [-0.1, -0.05) is 65.1 Å². The van der Waals surface area contributed by atoms with E-state index in [4.69, 9.17) is 39.5 Å². The van der Waals surface area contributed by atoms with Crippen LogP contribution in [0.15, 0.2) is 114 Å². The van der Waals surface area contributed by atoms with Crippen molar-refractivity contribution in [3.63, 3.8) is 0 Å². The number of carbonyl (C=O) groups excluding carboxylic acids is 2. The van der Waals surface area contributed by atoms with E-state index in [9.17, 15) is 23.1 Å². The van der Waals surface area contributed by atoms with E-state index in [0.717, 1.165) is 17.3 Å². The standard InChI is InChI=1S/C37H28Cl3N3O6S/c1-21-8-14-27-32(16-21)43(25-6-4-3-5-7-25)20-35(27)50(47,48)22(2)36(45)42-31-18-33(44)30(19-34(31)49-26-12-10-24(38)11-13-26)41-37(46)23-9-15-28(39)29(40)17-23/h3-20,22,44H,1-2H3,(H,41,46)(H,42,45). The molecule has 0 bridgehead atoms. The molecule has 0 saturated carbocycles. The highest BCUT2D eigenvalue weighted by atomic mass is 35.5. The summed E-state index contributed by atoms with van der Waals surface area (Å²) in [6, 6.07) is 27.8. The van der Waals surface area contributed by atoms with Crippen LogP contribution in [0.2, 0.25) is 15.1 Å². The van der Waals surface area contributed by atoms with Gasteiger partial charge in [-0.25, -0.2) is 8.42 Å². The van der Waals surface area contributed by atoms with Gasteiger partial charge in [0.05, 0.1) is 31.8 Å². The molecule has 0 fully saturated rings. The Morgan fingerprint density at radius 3 is 2.24 bits per heavy atom. The van der Waals surface area contributed by atoms with Crippen molar-refractivity contribution in [2.24, 2.45) is 0 Å². The number of nitrogens with one attached hydrogen (secondary N) is 2. The summed E-state index contributed by atoms with van der Waals surface area (Å²) in [7, 11) is -4.26. The van der Waals surface area contributed by atoms with Crippen molar-refractivity contribution in [1.82, 2.24) is 4.57 Å². The fraction of sp³-hybridized carbons (Fsp3) is 0.0811. The first kappa shape index (κ1) is 34.8. The normalized spacial score (nSPS) is 12.0. The quantitative estimate of drug-likeness (QED) is 0.127. The Morgan fingerprint density at radius 1 is 0.820 bits per heavy atom. The second-order valence-electron chi connectivity index (χ2n) is 11.4. The lowest BCUT2D eigenvalue weighted by Gasteiger charge is -2.18. The van der Waals surface area contributed by atoms with Gasteiger partial charge in [-0.05, 0) is 80.1 Å². The average molecular weight is 749 g/mol. The molecule has 50 heavy (non-hydrogen) atoms. The van der Waals surface area contributed by atoms with Gasteiger partial charge in [0.1, 0.15) is 16.7 Å². The highest BCUT2D eigenvalue weighted by Gasteiger charge is 2.33. The minimum absolute atomic E-state index is 0.0105. The number of halogens is 3. The van der Waals surface area contributed by atoms with Crippen molar-refractivity contribution < 1.29 is 27.9 Å². The maximum atomic E-state index is 14.1. The Balaban J connectivity index is 1.34. The first-order valence-electron chi connectivity index (χ1n) is 15.1. The van der Waals surface area contributed by atoms with E-state index in [2.05, 4.69) is 10.6 Å². The van der Waals surface area contributed by atoms with Gasteiger partial charge in [0.15, 0.2) is 15.6 Å². The largest absolute Gasteiger partial charge is 0.506 e. The van der Waals surface area contributed by atoms with E-state index in [-0.39, 0.29) is 37.6 Å². The molecule has 2 amide bonds. The average Bonchev–Trinajstić information content (AvgIpc) is 3.48. The number of hydrogen-bond acceptors (Lipinski definition) is 6. The van der Waals surface area contributed by atoms with Crippen molar-refractivity contribution in [3.8, 4) is 22.9 Å². The highest BCUT2D eigenvalue weighted by Crippen LogP contribution is 2.40. The van der Waals surface area contributed by atoms with Crippen LogP contribution in [0.25, 0.3) is 16.6 Å². The number of para-hydroxylation sites is 1. The number of rotatable bonds is 9. The monoisotopic (exact) mass is 747 g/mol. The third-order valence-electron chi connectivity index (χ3n) is 7.93. The Hall–Kier alpha value is -5.00. The number of phenolic OH excluding ortho intramolecular Hbond substituents is 1. The van der Waals surface area contributed by atoms with Gasteiger partial charge >= 0.3 is 0 Å². The maximum absolute atomic E-state index is 14.1. The zero-order valence-corrected chi connectivity index (χ0v) is 29.5. The lowest BCUT2D eigenvalue weighted by atomic mass is 10.2. The molecule has 0 saturated heterocycles. The molecule has 1 unspecified atom stereocenters. The summed E-state index contributed by atoms with van der Waals surface area (Å²) in [5.41, 5.74) is 2.41. The Morgan fingerprint density at radius 2 is 1.54 bits per heavy atom. The lowest BCUT2D eigenvalue weighted by molar-refractivity contribution is -0.115. The van der Waals surface area contributed by atoms with E-state index < -0.39 is 32.7 Å². The van der Waals surface area contributed by atoms with E-state index >= 15 is 0 Å². The maximum Gasteiger partial charge on any atom is 0.255 e. The van der Waals surface area contributed by atoms with Crippen molar-refractivity contribution in [3.05, 3.63) is 136 Å². The smallest absolute Gasteiger partial charge is 0.255 e. The van der Waals surface area contributed by atoms with Crippen LogP contribution in [0.1, 0.15) is 22.8 Å². The molecule has 9 nitrogen and oxygen atoms in total. The fourth-order valence-electron chi connectivity index (χ4n) is 5.21. The number of benzene rings is 5. The molecular formula is C37H28Cl3N3O6S. The molecule has 13 heteroatoms. The third kappa shape index (κ3) is 7.15. The molecule has 0 spiro atoms. The predicted molar refractivity (Wildman–Crippen MR) is 197 cm³/mol. The van der Waals surface area contributed by atoms with Crippen LogP contribution in [0.5, 0.6) is 17.2 Å². The first-order chi connectivity index (χ1) is 23.8. The van der Waals surface area contributed by atoms with Crippen LogP contribution >= 0.6 is 34.8 Å². The molecule has 1 atom stereocenters. The number of sulfone groups is 1. The van der Waals surface area contributed by atoms with E-state index in [0.29, 0.717) is 21.7 Å². The van der Waals surface area contributed by atoms with Gasteiger partial charge in [-0.3, -0.25) is 9.59 Å². The molecule has 254 valence electrons. The summed E-state index contributed by atoms with van der Waals surface area (Å²) in [6.07, 6.45) is 1.52. The lowest BCUT2D eigenvalue weighted by Crippen LogP contribution is -2.32. The van der Waals surface area contributed by atoms with Gasteiger partial charge in [-0.15, -0.1) is 0 Å². The van der Waals surface area contributed by atoms with Crippen LogP contribution in [-0.4, -0.2) is 35.2 Å². The number of ether oxygens (including phenoxy) is 1. The van der Waals surface area contributed by atoms with E-state index in [1.165, 1.54) is 37.4 Å². The van der Waals surface area contributed by atoms with Crippen LogP contribution in [0, 0.1) is 6.92 Å². The van der Waals surface area contributed by atoms with Gasteiger partial charge in [0.2, 0.25) is 5.91 Å². The predicted octanol–water partition coefficient (Wildman–Crippen LogP) is 9.45. The van der Waals surface area contributed by atoms with Crippen LogP contribution in [-0.2, 0) is 14.6 Å². The summed E-state index contributed by atoms with van der Waals surface area (Å²) in [6.45, 7) is 3.20. The van der Waals surface area contributed by atoms with Gasteiger partial charge < -0.3 is 25.0 Å². The van der Waals surface area contributed by atoms with Gasteiger partial charge in [0, 0.05) is 40.0 Å². The molecule has 0 aliphatic carbocycles. The number of phenols is 1. The van der Waals surface area contributed by atoms with Crippen LogP contribution in [0.4, 0.5) is 11.4 Å². The molecule has 1 heterocycles. The molecule has 0 aliphatic rings. The number of hydrogen-bond donors (Lipinski definition) is 3. The van der Waals surface area contributed by atoms with Crippen molar-refractivity contribution in [2.45, 2.75) is 24.0 Å². The molecule has 3 N–H and O–H groups in total. The van der Waals surface area contributed by atoms with Crippen molar-refractivity contribution in [1.29, 1.82) is 0 Å². The summed E-state index contributed by atoms with van der Waals surface area (Å²) in [5.74, 6) is -1.64. The zero-order valence-electron chi connectivity index (χ0n) is 26.4. The number of anilines is 2. The summed E-state index contributed by atoms with van der Waals surface area (Å²) >= 11 is 18.1. The first-order valence-corrected chi connectivity index (χ1v) is 17.8. The summed E-state index contributed by atoms with van der Waals surface area (Å²) < 4.78 is 36.0. The van der Waals surface area contributed by atoms with Crippen molar-refractivity contribution in [2.75, 3.05) is 10.6 Å². The fourth-order valence-corrected chi connectivity index (χ4v) is 7.09. The Bertz CT molecular complexity index is 2380. The molecule has 0 radical (unpaired) electrons. The van der Waals surface area contributed by atoms with Crippen LogP contribution < -0.4 is 15.4 Å². The third-order valence-corrected chi connectivity index (χ3v) is 11.0. The number of amides is 2. The Labute approximate surface area is 302 Å². The van der Waals surface area contributed by atoms with Crippen LogP contribution in [0.3, 0.4) is 0 Å². The highest BCUT2D eigenvalue weighted by molar-refractivity contribution is 7.93. The molecule has 6 rings (SSSR count). The number of aromatic nitrogens is 1.